The van der Waals surface area contributed by atoms with Crippen molar-refractivity contribution >= 4 is 31.3 Å². The summed E-state index contributed by atoms with van der Waals surface area (Å²) in [5, 5.41) is 19.2. The Balaban J connectivity index is 3.65. The SMILES string of the molecule is O=C(O)CS(=O)(=O)c1ccc(S(=O)(=O)C(F)(F)F)cc1[N+](=O)[O-]. The second-order valence-electron chi connectivity index (χ2n) is 3.99. The Morgan fingerprint density at radius 2 is 1.74 bits per heavy atom. The molecule has 23 heavy (non-hydrogen) atoms. The highest BCUT2D eigenvalue weighted by Crippen LogP contribution is 2.34. The number of hydrogen-bond acceptors (Lipinski definition) is 7. The number of alkyl halides is 3. The Morgan fingerprint density at radius 1 is 1.22 bits per heavy atom. The van der Waals surface area contributed by atoms with E-state index in [1.807, 2.05) is 0 Å². The minimum Gasteiger partial charge on any atom is -0.480 e. The third kappa shape index (κ3) is 3.76. The van der Waals surface area contributed by atoms with Gasteiger partial charge in [-0.25, -0.2) is 16.8 Å². The van der Waals surface area contributed by atoms with E-state index in [1.54, 1.807) is 0 Å². The van der Waals surface area contributed by atoms with Gasteiger partial charge in [-0.15, -0.1) is 0 Å². The van der Waals surface area contributed by atoms with Gasteiger partial charge < -0.3 is 5.11 Å². The number of carbonyl (C=O) groups is 1. The number of benzene rings is 1. The van der Waals surface area contributed by atoms with Gasteiger partial charge in [-0.05, 0) is 12.1 Å². The molecule has 0 spiro atoms. The first-order valence-electron chi connectivity index (χ1n) is 5.24. The third-order valence-corrected chi connectivity index (χ3v) is 5.52. The molecule has 1 rings (SSSR count). The van der Waals surface area contributed by atoms with E-state index in [0.717, 1.165) is 0 Å². The molecule has 0 unspecified atom stereocenters. The molecule has 0 saturated carbocycles. The number of hydrogen-bond donors (Lipinski definition) is 1. The highest BCUT2D eigenvalue weighted by atomic mass is 32.2. The number of nitro groups is 1. The lowest BCUT2D eigenvalue weighted by molar-refractivity contribution is -0.388. The van der Waals surface area contributed by atoms with Crippen LogP contribution in [0.3, 0.4) is 0 Å². The topological polar surface area (TPSA) is 149 Å². The van der Waals surface area contributed by atoms with E-state index in [4.69, 9.17) is 5.11 Å². The summed E-state index contributed by atoms with van der Waals surface area (Å²) in [5.41, 5.74) is -7.22. The van der Waals surface area contributed by atoms with E-state index in [1.165, 1.54) is 0 Å². The predicted octanol–water partition coefficient (Wildman–Crippen LogP) is 0.747. The first-order chi connectivity index (χ1) is 10.2. The van der Waals surface area contributed by atoms with Crippen molar-refractivity contribution in [3.05, 3.63) is 28.3 Å². The molecule has 1 aromatic carbocycles. The van der Waals surface area contributed by atoms with E-state index < -0.39 is 57.3 Å². The van der Waals surface area contributed by atoms with Gasteiger partial charge in [-0.2, -0.15) is 13.2 Å². The normalized spacial score (nSPS) is 12.8. The van der Waals surface area contributed by atoms with E-state index in [-0.39, 0.29) is 18.2 Å². The molecule has 0 heterocycles. The number of rotatable bonds is 5. The van der Waals surface area contributed by atoms with Crippen molar-refractivity contribution in [1.29, 1.82) is 0 Å². The van der Waals surface area contributed by atoms with Crippen molar-refractivity contribution in [3.63, 3.8) is 0 Å². The molecule has 1 N–H and O–H groups in total. The Labute approximate surface area is 126 Å². The predicted molar refractivity (Wildman–Crippen MR) is 66.0 cm³/mol. The molecule has 14 heteroatoms. The van der Waals surface area contributed by atoms with Crippen LogP contribution in [-0.2, 0) is 24.5 Å². The molecular formula is C9H6F3NO8S2. The smallest absolute Gasteiger partial charge is 0.480 e. The van der Waals surface area contributed by atoms with Crippen LogP contribution >= 0.6 is 0 Å². The summed E-state index contributed by atoms with van der Waals surface area (Å²) in [7, 11) is -10.7. The standard InChI is InChI=1S/C9H6F3NO8S2/c10-9(11,12)23(20,21)5-1-2-7(6(3-5)13(16)17)22(18,19)4-8(14)15/h1-3H,4H2,(H,14,15). The first-order valence-corrected chi connectivity index (χ1v) is 8.38. The van der Waals surface area contributed by atoms with Gasteiger partial charge in [0.1, 0.15) is 4.90 Å². The number of aliphatic carboxylic acids is 1. The monoisotopic (exact) mass is 377 g/mol. The van der Waals surface area contributed by atoms with Crippen LogP contribution in [0.1, 0.15) is 0 Å². The molecule has 0 radical (unpaired) electrons. The van der Waals surface area contributed by atoms with Crippen molar-refractivity contribution in [2.75, 3.05) is 5.75 Å². The maximum absolute atomic E-state index is 12.4. The van der Waals surface area contributed by atoms with E-state index in [9.17, 15) is 44.9 Å². The average molecular weight is 377 g/mol. The van der Waals surface area contributed by atoms with Crippen LogP contribution in [0, 0.1) is 10.1 Å². The molecule has 0 aromatic heterocycles. The average Bonchev–Trinajstić information content (AvgIpc) is 2.34. The van der Waals surface area contributed by atoms with E-state index in [0.29, 0.717) is 0 Å². The van der Waals surface area contributed by atoms with Crippen LogP contribution in [0.15, 0.2) is 28.0 Å². The number of carboxylic acids is 1. The van der Waals surface area contributed by atoms with Gasteiger partial charge in [0, 0.05) is 6.07 Å². The fourth-order valence-electron chi connectivity index (χ4n) is 1.44. The van der Waals surface area contributed by atoms with Gasteiger partial charge in [-0.1, -0.05) is 0 Å². The van der Waals surface area contributed by atoms with Crippen LogP contribution in [0.4, 0.5) is 18.9 Å². The van der Waals surface area contributed by atoms with Crippen LogP contribution in [0.5, 0.6) is 0 Å². The summed E-state index contributed by atoms with van der Waals surface area (Å²) < 4.78 is 82.9. The van der Waals surface area contributed by atoms with Gasteiger partial charge in [0.05, 0.1) is 9.82 Å². The van der Waals surface area contributed by atoms with Crippen LogP contribution in [0.2, 0.25) is 0 Å². The molecule has 0 amide bonds. The number of sulfone groups is 2. The molecule has 128 valence electrons. The highest BCUT2D eigenvalue weighted by Gasteiger charge is 2.47. The Bertz CT molecular complexity index is 873. The van der Waals surface area contributed by atoms with Crippen molar-refractivity contribution in [2.45, 2.75) is 15.3 Å². The van der Waals surface area contributed by atoms with E-state index in [2.05, 4.69) is 0 Å². The van der Waals surface area contributed by atoms with Gasteiger partial charge in [0.2, 0.25) is 0 Å². The molecular weight excluding hydrogens is 371 g/mol. The van der Waals surface area contributed by atoms with Crippen molar-refractivity contribution in [2.24, 2.45) is 0 Å². The largest absolute Gasteiger partial charge is 0.501 e. The summed E-state index contributed by atoms with van der Waals surface area (Å²) >= 11 is 0. The Kier molecular flexibility index (Phi) is 4.72. The zero-order chi connectivity index (χ0) is 18.2. The third-order valence-electron chi connectivity index (χ3n) is 2.39. The zero-order valence-corrected chi connectivity index (χ0v) is 12.3. The minimum absolute atomic E-state index is 0.0858. The second kappa shape index (κ2) is 5.77. The molecule has 0 saturated heterocycles. The van der Waals surface area contributed by atoms with Gasteiger partial charge in [0.25, 0.3) is 15.5 Å². The summed E-state index contributed by atoms with van der Waals surface area (Å²) in [4.78, 5) is 17.1. The number of carboxylic acid groups (broad SMARTS) is 1. The molecule has 0 atom stereocenters. The summed E-state index contributed by atoms with van der Waals surface area (Å²) in [6, 6.07) is 0.358. The molecule has 0 bridgehead atoms. The van der Waals surface area contributed by atoms with Crippen molar-refractivity contribution in [1.82, 2.24) is 0 Å². The molecule has 0 fully saturated rings. The minimum atomic E-state index is -5.93. The fourth-order valence-corrected chi connectivity index (χ4v) is 3.43. The van der Waals surface area contributed by atoms with Crippen molar-refractivity contribution in [3.8, 4) is 0 Å². The lowest BCUT2D eigenvalue weighted by Crippen LogP contribution is -2.23. The second-order valence-corrected chi connectivity index (χ2v) is 7.89. The summed E-state index contributed by atoms with van der Waals surface area (Å²) in [6.07, 6.45) is 0. The lowest BCUT2D eigenvalue weighted by Gasteiger charge is -2.09. The molecule has 0 aliphatic carbocycles. The number of nitro benzene ring substituents is 1. The maximum atomic E-state index is 12.4. The zero-order valence-electron chi connectivity index (χ0n) is 10.6. The van der Waals surface area contributed by atoms with Crippen LogP contribution in [0.25, 0.3) is 0 Å². The van der Waals surface area contributed by atoms with Crippen LogP contribution < -0.4 is 0 Å². The number of halogens is 3. The quantitative estimate of drug-likeness (QED) is 0.583. The van der Waals surface area contributed by atoms with Gasteiger partial charge >= 0.3 is 11.5 Å². The highest BCUT2D eigenvalue weighted by molar-refractivity contribution is 7.92. The van der Waals surface area contributed by atoms with Gasteiger partial charge in [0.15, 0.2) is 15.6 Å². The molecule has 9 nitrogen and oxygen atoms in total. The molecule has 0 aliphatic heterocycles. The number of nitrogens with zero attached hydrogens (tertiary/aromatic N) is 1. The summed E-state index contributed by atoms with van der Waals surface area (Å²) in [5.74, 6) is -3.41. The van der Waals surface area contributed by atoms with Crippen LogP contribution in [-0.4, -0.2) is 44.1 Å². The fraction of sp³-hybridized carbons (Fsp3) is 0.222. The molecule has 0 aliphatic rings. The first kappa shape index (κ1) is 18.8. The summed E-state index contributed by atoms with van der Waals surface area (Å²) in [6.45, 7) is 0. The Hall–Kier alpha value is -2.22. The van der Waals surface area contributed by atoms with E-state index >= 15 is 0 Å². The Morgan fingerprint density at radius 3 is 2.13 bits per heavy atom. The molecule has 1 aromatic rings. The van der Waals surface area contributed by atoms with Gasteiger partial charge in [-0.3, -0.25) is 14.9 Å². The lowest BCUT2D eigenvalue weighted by atomic mass is 10.3. The van der Waals surface area contributed by atoms with Crippen molar-refractivity contribution < 1.29 is 44.8 Å². The maximum Gasteiger partial charge on any atom is 0.501 e.